The molecule has 4 aromatic rings. The van der Waals surface area contributed by atoms with Crippen molar-refractivity contribution < 1.29 is 14.3 Å². The SMILES string of the molecule is NC(=O)COc1c(Br)cc(Br)cc1/C=N\NC(=O)c1ccc(-c2csc(Nc3ccc(Cl)cc3)n2)cc1. The molecule has 12 heteroatoms. The van der Waals surface area contributed by atoms with Crippen molar-refractivity contribution in [3.8, 4) is 17.0 Å². The fourth-order valence-corrected chi connectivity index (χ4v) is 5.35. The number of hydrogen-bond acceptors (Lipinski definition) is 7. The van der Waals surface area contributed by atoms with Gasteiger partial charge in [-0.15, -0.1) is 11.3 Å². The second-order valence-corrected chi connectivity index (χ2v) is 10.6. The van der Waals surface area contributed by atoms with Gasteiger partial charge in [-0.2, -0.15) is 5.10 Å². The lowest BCUT2D eigenvalue weighted by Gasteiger charge is -2.10. The molecule has 0 aliphatic heterocycles. The zero-order valence-corrected chi connectivity index (χ0v) is 23.6. The van der Waals surface area contributed by atoms with Crippen LogP contribution in [0.2, 0.25) is 5.02 Å². The number of hydrazone groups is 1. The van der Waals surface area contributed by atoms with Crippen molar-refractivity contribution in [2.75, 3.05) is 11.9 Å². The maximum Gasteiger partial charge on any atom is 0.271 e. The summed E-state index contributed by atoms with van der Waals surface area (Å²) < 4.78 is 6.81. The number of carbonyl (C=O) groups is 2. The molecule has 188 valence electrons. The van der Waals surface area contributed by atoms with E-state index >= 15 is 0 Å². The van der Waals surface area contributed by atoms with E-state index in [2.05, 4.69) is 52.7 Å². The van der Waals surface area contributed by atoms with Crippen LogP contribution < -0.4 is 21.2 Å². The quantitative estimate of drug-likeness (QED) is 0.142. The number of nitrogens with two attached hydrogens (primary N) is 1. The number of anilines is 2. The Balaban J connectivity index is 1.40. The van der Waals surface area contributed by atoms with Crippen molar-refractivity contribution in [2.24, 2.45) is 10.8 Å². The molecule has 0 atom stereocenters. The fraction of sp³-hybridized carbons (Fsp3) is 0.0400. The molecule has 0 aliphatic rings. The first-order chi connectivity index (χ1) is 17.8. The summed E-state index contributed by atoms with van der Waals surface area (Å²) in [6, 6.07) is 17.9. The van der Waals surface area contributed by atoms with Crippen LogP contribution in [0.15, 0.2) is 80.1 Å². The Morgan fingerprint density at radius 2 is 1.84 bits per heavy atom. The first-order valence-corrected chi connectivity index (χ1v) is 13.4. The van der Waals surface area contributed by atoms with Crippen LogP contribution in [0.25, 0.3) is 11.3 Å². The number of halogens is 3. The van der Waals surface area contributed by atoms with Crippen LogP contribution >= 0.6 is 54.8 Å². The minimum atomic E-state index is -0.610. The Bertz CT molecular complexity index is 1460. The van der Waals surface area contributed by atoms with E-state index in [-0.39, 0.29) is 12.5 Å². The predicted octanol–water partition coefficient (Wildman–Crippen LogP) is 6.36. The van der Waals surface area contributed by atoms with Crippen molar-refractivity contribution in [1.29, 1.82) is 0 Å². The van der Waals surface area contributed by atoms with Crippen LogP contribution in [-0.2, 0) is 4.79 Å². The molecule has 0 radical (unpaired) electrons. The number of nitrogens with one attached hydrogen (secondary N) is 2. The van der Waals surface area contributed by atoms with Gasteiger partial charge in [-0.25, -0.2) is 10.4 Å². The highest BCUT2D eigenvalue weighted by Crippen LogP contribution is 2.32. The number of ether oxygens (including phenoxy) is 1. The third kappa shape index (κ3) is 7.39. The first kappa shape index (κ1) is 26.8. The largest absolute Gasteiger partial charge is 0.482 e. The Morgan fingerprint density at radius 1 is 1.11 bits per heavy atom. The van der Waals surface area contributed by atoms with Crippen LogP contribution in [0.1, 0.15) is 15.9 Å². The summed E-state index contributed by atoms with van der Waals surface area (Å²) in [5.41, 5.74) is 11.2. The number of primary amides is 1. The van der Waals surface area contributed by atoms with E-state index < -0.39 is 5.91 Å². The molecule has 0 fully saturated rings. The average Bonchev–Trinajstić information content (AvgIpc) is 3.33. The number of amides is 2. The minimum Gasteiger partial charge on any atom is -0.482 e. The van der Waals surface area contributed by atoms with E-state index in [1.165, 1.54) is 17.6 Å². The highest BCUT2D eigenvalue weighted by atomic mass is 79.9. The summed E-state index contributed by atoms with van der Waals surface area (Å²) in [6.07, 6.45) is 1.42. The van der Waals surface area contributed by atoms with Crippen LogP contribution in [0.5, 0.6) is 5.75 Å². The zero-order valence-electron chi connectivity index (χ0n) is 18.9. The lowest BCUT2D eigenvalue weighted by Crippen LogP contribution is -2.21. The van der Waals surface area contributed by atoms with Crippen molar-refractivity contribution in [2.45, 2.75) is 0 Å². The normalized spacial score (nSPS) is 10.9. The molecule has 1 heterocycles. The third-order valence-corrected chi connectivity index (χ3v) is 6.86. The molecule has 0 spiro atoms. The highest BCUT2D eigenvalue weighted by Gasteiger charge is 2.12. The van der Waals surface area contributed by atoms with Gasteiger partial charge in [0, 0.05) is 37.3 Å². The molecule has 0 unspecified atom stereocenters. The zero-order chi connectivity index (χ0) is 26.4. The van der Waals surface area contributed by atoms with E-state index in [9.17, 15) is 9.59 Å². The van der Waals surface area contributed by atoms with Crippen LogP contribution in [-0.4, -0.2) is 29.6 Å². The minimum absolute atomic E-state index is 0.294. The Morgan fingerprint density at radius 3 is 2.54 bits per heavy atom. The number of thiazole rings is 1. The predicted molar refractivity (Wildman–Crippen MR) is 154 cm³/mol. The maximum atomic E-state index is 12.6. The van der Waals surface area contributed by atoms with Crippen LogP contribution in [0.3, 0.4) is 0 Å². The van der Waals surface area contributed by atoms with E-state index in [0.717, 1.165) is 26.5 Å². The van der Waals surface area contributed by atoms with E-state index in [1.54, 1.807) is 36.4 Å². The number of aromatic nitrogens is 1. The molecule has 0 aliphatic carbocycles. The monoisotopic (exact) mass is 661 g/mol. The van der Waals surface area contributed by atoms with Gasteiger partial charge in [0.15, 0.2) is 11.7 Å². The second kappa shape index (κ2) is 12.3. The molecule has 8 nitrogen and oxygen atoms in total. The van der Waals surface area contributed by atoms with Crippen molar-refractivity contribution in [3.05, 3.63) is 91.1 Å². The standard InChI is InChI=1S/C25H18Br2ClN5O3S/c26-17-9-16(23(20(27)10-17)36-12-22(29)34)11-30-33-24(35)15-3-1-14(2-4-15)21-13-37-25(32-21)31-19-7-5-18(28)6-8-19/h1-11,13H,12H2,(H2,29,34)(H,31,32)(H,33,35)/b30-11-. The maximum absolute atomic E-state index is 12.6. The van der Waals surface area contributed by atoms with E-state index in [4.69, 9.17) is 22.1 Å². The summed E-state index contributed by atoms with van der Waals surface area (Å²) in [5, 5.41) is 10.6. The van der Waals surface area contributed by atoms with Crippen molar-refractivity contribution in [1.82, 2.24) is 10.4 Å². The van der Waals surface area contributed by atoms with Crippen LogP contribution in [0.4, 0.5) is 10.8 Å². The smallest absolute Gasteiger partial charge is 0.271 e. The highest BCUT2D eigenvalue weighted by molar-refractivity contribution is 9.11. The van der Waals surface area contributed by atoms with Crippen molar-refractivity contribution >= 4 is 83.6 Å². The number of carbonyl (C=O) groups excluding carboxylic acids is 2. The second-order valence-electron chi connectivity index (χ2n) is 7.51. The lowest BCUT2D eigenvalue weighted by molar-refractivity contribution is -0.119. The summed E-state index contributed by atoms with van der Waals surface area (Å²) in [4.78, 5) is 28.3. The molecule has 4 rings (SSSR count). The van der Waals surface area contributed by atoms with Crippen LogP contribution in [0, 0.1) is 0 Å². The summed E-state index contributed by atoms with van der Waals surface area (Å²) >= 11 is 14.2. The van der Waals surface area contributed by atoms with Gasteiger partial charge in [-0.3, -0.25) is 9.59 Å². The fourth-order valence-electron chi connectivity index (χ4n) is 3.11. The van der Waals surface area contributed by atoms with Gasteiger partial charge in [-0.1, -0.05) is 39.7 Å². The van der Waals surface area contributed by atoms with Gasteiger partial charge in [0.05, 0.1) is 16.4 Å². The van der Waals surface area contributed by atoms with Gasteiger partial charge in [0.2, 0.25) is 0 Å². The Hall–Kier alpha value is -3.25. The molecule has 0 saturated heterocycles. The molecule has 4 N–H and O–H groups in total. The Kier molecular flexibility index (Phi) is 8.93. The topological polar surface area (TPSA) is 119 Å². The summed E-state index contributed by atoms with van der Waals surface area (Å²) in [6.45, 7) is -0.294. The number of benzene rings is 3. The molecule has 37 heavy (non-hydrogen) atoms. The third-order valence-electron chi connectivity index (χ3n) is 4.81. The van der Waals surface area contributed by atoms with Gasteiger partial charge in [0.1, 0.15) is 5.75 Å². The molecular formula is C25H18Br2ClN5O3S. The number of rotatable bonds is 9. The first-order valence-electron chi connectivity index (χ1n) is 10.6. The van der Waals surface area contributed by atoms with E-state index in [0.29, 0.717) is 26.4 Å². The molecule has 1 aromatic heterocycles. The van der Waals surface area contributed by atoms with Gasteiger partial charge >= 0.3 is 0 Å². The summed E-state index contributed by atoms with van der Waals surface area (Å²) in [7, 11) is 0. The number of hydrogen-bond donors (Lipinski definition) is 3. The molecular weight excluding hydrogens is 646 g/mol. The van der Waals surface area contributed by atoms with Gasteiger partial charge in [-0.05, 0) is 64.5 Å². The molecule has 3 aromatic carbocycles. The molecule has 2 amide bonds. The Labute approximate surface area is 238 Å². The molecule has 0 saturated carbocycles. The van der Waals surface area contributed by atoms with Gasteiger partial charge < -0.3 is 15.8 Å². The lowest BCUT2D eigenvalue weighted by atomic mass is 10.1. The molecule has 0 bridgehead atoms. The van der Waals surface area contributed by atoms with E-state index in [1.807, 2.05) is 29.6 Å². The van der Waals surface area contributed by atoms with Gasteiger partial charge in [0.25, 0.3) is 11.8 Å². The average molecular weight is 664 g/mol. The number of nitrogens with zero attached hydrogens (tertiary/aromatic N) is 2. The summed E-state index contributed by atoms with van der Waals surface area (Å²) in [5.74, 6) is -0.626. The van der Waals surface area contributed by atoms with Crippen molar-refractivity contribution in [3.63, 3.8) is 0 Å².